The van der Waals surface area contributed by atoms with Crippen LogP contribution in [-0.2, 0) is 18.3 Å². The van der Waals surface area contributed by atoms with Gasteiger partial charge in [0.1, 0.15) is 6.10 Å². The van der Waals surface area contributed by atoms with E-state index in [2.05, 4.69) is 10.4 Å². The summed E-state index contributed by atoms with van der Waals surface area (Å²) in [6.07, 6.45) is 7.12. The summed E-state index contributed by atoms with van der Waals surface area (Å²) < 4.78 is 1.76. The number of carbonyl (C=O) groups is 1. The highest BCUT2D eigenvalue weighted by molar-refractivity contribution is 7.98. The predicted octanol–water partition coefficient (Wildman–Crippen LogP) is 0.583. The molecule has 0 saturated carbocycles. The Morgan fingerprint density at radius 1 is 1.67 bits per heavy atom. The van der Waals surface area contributed by atoms with E-state index < -0.39 is 6.10 Å². The Hall–Kier alpha value is -1.01. The zero-order valence-electron chi connectivity index (χ0n) is 10.9. The van der Waals surface area contributed by atoms with E-state index in [4.69, 9.17) is 0 Å². The summed E-state index contributed by atoms with van der Waals surface area (Å²) in [6.45, 7) is 0.587. The summed E-state index contributed by atoms with van der Waals surface area (Å²) in [4.78, 5) is 11.5. The van der Waals surface area contributed by atoms with Gasteiger partial charge in [0, 0.05) is 19.8 Å². The number of nitrogens with zero attached hydrogens (tertiary/aromatic N) is 2. The number of aromatic nitrogens is 2. The maximum atomic E-state index is 11.5. The van der Waals surface area contributed by atoms with Crippen LogP contribution < -0.4 is 5.32 Å². The van der Waals surface area contributed by atoms with Crippen molar-refractivity contribution in [1.82, 2.24) is 15.1 Å². The van der Waals surface area contributed by atoms with Crippen molar-refractivity contribution in [1.29, 1.82) is 0 Å². The molecule has 0 aliphatic heterocycles. The summed E-state index contributed by atoms with van der Waals surface area (Å²) in [5.41, 5.74) is 1.16. The third kappa shape index (κ3) is 5.55. The minimum Gasteiger partial charge on any atom is -0.383 e. The molecule has 18 heavy (non-hydrogen) atoms. The molecule has 2 N–H and O–H groups in total. The number of thioether (sulfide) groups is 1. The fraction of sp³-hybridized carbons (Fsp3) is 0.667. The third-order valence-corrected chi connectivity index (χ3v) is 3.24. The lowest BCUT2D eigenvalue weighted by atomic mass is 10.2. The first-order valence-corrected chi connectivity index (χ1v) is 7.45. The van der Waals surface area contributed by atoms with Gasteiger partial charge >= 0.3 is 0 Å². The Kier molecular flexibility index (Phi) is 6.82. The number of amides is 1. The van der Waals surface area contributed by atoms with Crippen molar-refractivity contribution in [3.05, 3.63) is 18.0 Å². The van der Waals surface area contributed by atoms with Crippen molar-refractivity contribution >= 4 is 17.7 Å². The smallest absolute Gasteiger partial charge is 0.248 e. The number of aliphatic hydroxyl groups excluding tert-OH is 1. The maximum absolute atomic E-state index is 11.5. The number of nitrogens with one attached hydrogen (secondary N) is 1. The van der Waals surface area contributed by atoms with Crippen LogP contribution in [-0.4, -0.2) is 45.5 Å². The second-order valence-electron chi connectivity index (χ2n) is 4.21. The van der Waals surface area contributed by atoms with Gasteiger partial charge in [0.15, 0.2) is 0 Å². The topological polar surface area (TPSA) is 67.2 Å². The molecule has 0 fully saturated rings. The van der Waals surface area contributed by atoms with E-state index in [1.807, 2.05) is 25.7 Å². The SMILES string of the molecule is CSCC[C@@H](O)C(=O)NCCCc1cnn(C)c1. The van der Waals surface area contributed by atoms with Gasteiger partial charge < -0.3 is 10.4 Å². The van der Waals surface area contributed by atoms with Crippen molar-refractivity contribution in [2.45, 2.75) is 25.4 Å². The number of aryl methyl sites for hydroxylation is 2. The molecule has 1 heterocycles. The lowest BCUT2D eigenvalue weighted by Gasteiger charge is -2.10. The molecule has 6 heteroatoms. The normalized spacial score (nSPS) is 12.4. The molecule has 1 amide bonds. The Morgan fingerprint density at radius 3 is 3.06 bits per heavy atom. The van der Waals surface area contributed by atoms with Gasteiger partial charge in [-0.1, -0.05) is 0 Å². The predicted molar refractivity (Wildman–Crippen MR) is 73.5 cm³/mol. The van der Waals surface area contributed by atoms with Crippen LogP contribution >= 0.6 is 11.8 Å². The zero-order valence-corrected chi connectivity index (χ0v) is 11.7. The van der Waals surface area contributed by atoms with Crippen molar-refractivity contribution in [3.63, 3.8) is 0 Å². The highest BCUT2D eigenvalue weighted by Gasteiger charge is 2.13. The van der Waals surface area contributed by atoms with E-state index in [9.17, 15) is 9.90 Å². The maximum Gasteiger partial charge on any atom is 0.248 e. The largest absolute Gasteiger partial charge is 0.383 e. The van der Waals surface area contributed by atoms with E-state index >= 15 is 0 Å². The minimum absolute atomic E-state index is 0.268. The molecule has 5 nitrogen and oxygen atoms in total. The van der Waals surface area contributed by atoms with E-state index in [-0.39, 0.29) is 5.91 Å². The van der Waals surface area contributed by atoms with E-state index in [0.717, 1.165) is 24.2 Å². The second-order valence-corrected chi connectivity index (χ2v) is 5.20. The van der Waals surface area contributed by atoms with Crippen LogP contribution in [0.3, 0.4) is 0 Å². The van der Waals surface area contributed by atoms with E-state index in [1.165, 1.54) is 0 Å². The second kappa shape index (κ2) is 8.16. The molecular weight excluding hydrogens is 250 g/mol. The van der Waals surface area contributed by atoms with E-state index in [1.54, 1.807) is 16.4 Å². The van der Waals surface area contributed by atoms with Crippen LogP contribution in [0, 0.1) is 0 Å². The summed E-state index contributed by atoms with van der Waals surface area (Å²) in [7, 11) is 1.88. The van der Waals surface area contributed by atoms with Crippen LogP contribution in [0.25, 0.3) is 0 Å². The monoisotopic (exact) mass is 271 g/mol. The first kappa shape index (κ1) is 15.0. The summed E-state index contributed by atoms with van der Waals surface area (Å²) >= 11 is 1.63. The number of aliphatic hydroxyl groups is 1. The molecule has 1 atom stereocenters. The van der Waals surface area contributed by atoms with Crippen LogP contribution in [0.4, 0.5) is 0 Å². The Balaban J connectivity index is 2.11. The molecule has 1 aromatic heterocycles. The molecule has 0 aromatic carbocycles. The Morgan fingerprint density at radius 2 is 2.44 bits per heavy atom. The molecular formula is C12H21N3O2S. The summed E-state index contributed by atoms with van der Waals surface area (Å²) in [5.74, 6) is 0.528. The van der Waals surface area contributed by atoms with Crippen molar-refractivity contribution in [2.24, 2.45) is 7.05 Å². The van der Waals surface area contributed by atoms with Crippen molar-refractivity contribution in [2.75, 3.05) is 18.6 Å². The standard InChI is InChI=1S/C12H21N3O2S/c1-15-9-10(8-14-15)4-3-6-13-12(17)11(16)5-7-18-2/h8-9,11,16H,3-7H2,1-2H3,(H,13,17)/t11-/m1/s1. The quantitative estimate of drug-likeness (QED) is 0.679. The first-order valence-electron chi connectivity index (χ1n) is 6.05. The summed E-state index contributed by atoms with van der Waals surface area (Å²) in [5, 5.41) is 16.4. The van der Waals surface area contributed by atoms with Gasteiger partial charge in [0.2, 0.25) is 5.91 Å². The molecule has 0 bridgehead atoms. The highest BCUT2D eigenvalue weighted by Crippen LogP contribution is 2.02. The lowest BCUT2D eigenvalue weighted by Crippen LogP contribution is -2.35. The summed E-state index contributed by atoms with van der Waals surface area (Å²) in [6, 6.07) is 0. The number of hydrogen-bond acceptors (Lipinski definition) is 4. The fourth-order valence-corrected chi connectivity index (χ4v) is 2.04. The van der Waals surface area contributed by atoms with Crippen LogP contribution in [0.1, 0.15) is 18.4 Å². The van der Waals surface area contributed by atoms with Gasteiger partial charge in [-0.2, -0.15) is 16.9 Å². The highest BCUT2D eigenvalue weighted by atomic mass is 32.2. The molecule has 1 rings (SSSR count). The van der Waals surface area contributed by atoms with Crippen molar-refractivity contribution in [3.8, 4) is 0 Å². The molecule has 102 valence electrons. The Bertz CT molecular complexity index is 368. The minimum atomic E-state index is -0.879. The average molecular weight is 271 g/mol. The van der Waals surface area contributed by atoms with Gasteiger partial charge in [-0.05, 0) is 36.8 Å². The molecule has 1 aromatic rings. The molecule has 0 spiro atoms. The van der Waals surface area contributed by atoms with Crippen LogP contribution in [0.5, 0.6) is 0 Å². The fourth-order valence-electron chi connectivity index (χ4n) is 1.58. The van der Waals surface area contributed by atoms with Crippen LogP contribution in [0.15, 0.2) is 12.4 Å². The average Bonchev–Trinajstić information content (AvgIpc) is 2.77. The number of hydrogen-bond donors (Lipinski definition) is 2. The number of carbonyl (C=O) groups excluding carboxylic acids is 1. The van der Waals surface area contributed by atoms with Gasteiger partial charge in [0.25, 0.3) is 0 Å². The molecule has 0 unspecified atom stereocenters. The molecule has 0 aliphatic rings. The Labute approximate surface area is 112 Å². The van der Waals surface area contributed by atoms with Crippen LogP contribution in [0.2, 0.25) is 0 Å². The van der Waals surface area contributed by atoms with Crippen molar-refractivity contribution < 1.29 is 9.90 Å². The first-order chi connectivity index (χ1) is 8.63. The third-order valence-electron chi connectivity index (χ3n) is 2.60. The van der Waals surface area contributed by atoms with Gasteiger partial charge in [-0.15, -0.1) is 0 Å². The van der Waals surface area contributed by atoms with E-state index in [0.29, 0.717) is 13.0 Å². The lowest BCUT2D eigenvalue weighted by molar-refractivity contribution is -0.129. The molecule has 0 radical (unpaired) electrons. The number of rotatable bonds is 8. The molecule has 0 aliphatic carbocycles. The zero-order chi connectivity index (χ0) is 13.4. The van der Waals surface area contributed by atoms with Gasteiger partial charge in [-0.25, -0.2) is 0 Å². The van der Waals surface area contributed by atoms with Gasteiger partial charge in [0.05, 0.1) is 6.20 Å². The molecule has 0 saturated heterocycles. The van der Waals surface area contributed by atoms with Gasteiger partial charge in [-0.3, -0.25) is 9.48 Å².